The number of thioether (sulfide) groups is 1. The van der Waals surface area contributed by atoms with Crippen LogP contribution >= 0.6 is 11.8 Å². The van der Waals surface area contributed by atoms with Gasteiger partial charge in [-0.15, -0.1) is 10.2 Å². The minimum absolute atomic E-state index is 0.0362. The molecule has 28 heavy (non-hydrogen) atoms. The summed E-state index contributed by atoms with van der Waals surface area (Å²) in [5, 5.41) is 20.1. The molecule has 0 aliphatic rings. The van der Waals surface area contributed by atoms with Gasteiger partial charge >= 0.3 is 5.97 Å². The quantitative estimate of drug-likeness (QED) is 0.188. The summed E-state index contributed by atoms with van der Waals surface area (Å²) in [4.78, 5) is 23.1. The molecule has 0 radical (unpaired) electrons. The molecule has 1 atom stereocenters. The second-order valence-corrected chi connectivity index (χ2v) is 6.54. The predicted molar refractivity (Wildman–Crippen MR) is 102 cm³/mol. The summed E-state index contributed by atoms with van der Waals surface area (Å²) in [5.74, 6) is -0.222. The molecule has 0 aliphatic heterocycles. The van der Waals surface area contributed by atoms with Gasteiger partial charge in [0.2, 0.25) is 5.89 Å². The molecule has 1 heterocycles. The van der Waals surface area contributed by atoms with Gasteiger partial charge in [0.25, 0.3) is 11.6 Å². The number of nitro groups is 1. The van der Waals surface area contributed by atoms with Crippen LogP contribution in [0.4, 0.5) is 5.69 Å². The van der Waals surface area contributed by atoms with Gasteiger partial charge in [0, 0.05) is 28.7 Å². The fraction of sp³-hybridized carbons (Fsp3) is 0.105. The van der Waals surface area contributed by atoms with Gasteiger partial charge < -0.3 is 9.15 Å². The molecule has 0 saturated carbocycles. The van der Waals surface area contributed by atoms with Gasteiger partial charge in [-0.05, 0) is 36.6 Å². The summed E-state index contributed by atoms with van der Waals surface area (Å²) >= 11 is 1.40. The normalized spacial score (nSPS) is 12.0. The maximum atomic E-state index is 11.9. The van der Waals surface area contributed by atoms with Crippen molar-refractivity contribution in [2.75, 3.05) is 0 Å². The van der Waals surface area contributed by atoms with Crippen LogP contribution in [0, 0.1) is 10.1 Å². The van der Waals surface area contributed by atoms with E-state index in [1.54, 1.807) is 12.3 Å². The summed E-state index contributed by atoms with van der Waals surface area (Å²) in [5.41, 5.74) is 0.494. The lowest BCUT2D eigenvalue weighted by molar-refractivity contribution is -0.384. The minimum atomic E-state index is -0.738. The molecule has 1 aromatic heterocycles. The number of nitrogens with zero attached hydrogens (tertiary/aromatic N) is 3. The fourth-order valence-corrected chi connectivity index (χ4v) is 2.82. The van der Waals surface area contributed by atoms with E-state index < -0.39 is 17.0 Å². The number of rotatable bonds is 7. The number of non-ortho nitro benzene ring substituents is 1. The number of esters is 1. The van der Waals surface area contributed by atoms with Crippen molar-refractivity contribution in [3.63, 3.8) is 0 Å². The highest BCUT2D eigenvalue weighted by atomic mass is 32.2. The van der Waals surface area contributed by atoms with Crippen LogP contribution in [0.1, 0.15) is 18.9 Å². The number of benzene rings is 2. The van der Waals surface area contributed by atoms with Crippen molar-refractivity contribution in [1.82, 2.24) is 10.2 Å². The topological polar surface area (TPSA) is 108 Å². The first kappa shape index (κ1) is 19.3. The molecule has 0 amide bonds. The highest BCUT2D eigenvalue weighted by Gasteiger charge is 2.18. The summed E-state index contributed by atoms with van der Waals surface area (Å²) in [6.45, 7) is 1.61. The lowest BCUT2D eigenvalue weighted by Crippen LogP contribution is -2.06. The number of carbonyl (C=O) groups is 1. The molecule has 142 valence electrons. The van der Waals surface area contributed by atoms with Crippen LogP contribution in [0.3, 0.4) is 0 Å². The zero-order valence-corrected chi connectivity index (χ0v) is 15.5. The third kappa shape index (κ3) is 5.04. The molecule has 0 unspecified atom stereocenters. The molecular weight excluding hydrogens is 382 g/mol. The largest absolute Gasteiger partial charge is 0.449 e. The van der Waals surface area contributed by atoms with E-state index in [2.05, 4.69) is 10.2 Å². The van der Waals surface area contributed by atoms with Crippen LogP contribution in [-0.4, -0.2) is 21.1 Å². The second-order valence-electron chi connectivity index (χ2n) is 5.56. The minimum Gasteiger partial charge on any atom is -0.449 e. The third-order valence-electron chi connectivity index (χ3n) is 3.56. The number of hydrogen-bond donors (Lipinski definition) is 0. The van der Waals surface area contributed by atoms with Crippen LogP contribution in [0.5, 0.6) is 0 Å². The SMILES string of the molecule is C[C@H](OC(=O)/C=C/Sc1ccccc1)c1nnc(-c2ccc([N+](=O)[O-])cc2)o1. The molecule has 0 spiro atoms. The molecule has 0 N–H and O–H groups in total. The van der Waals surface area contributed by atoms with Crippen LogP contribution in [0.15, 0.2) is 75.4 Å². The molecule has 0 fully saturated rings. The molecular formula is C19H15N3O5S. The van der Waals surface area contributed by atoms with Gasteiger partial charge in [0.1, 0.15) is 0 Å². The monoisotopic (exact) mass is 397 g/mol. The summed E-state index contributed by atoms with van der Waals surface area (Å²) in [6, 6.07) is 15.3. The Kier molecular flexibility index (Phi) is 6.18. The fourth-order valence-electron chi connectivity index (χ4n) is 2.17. The summed E-state index contributed by atoms with van der Waals surface area (Å²) < 4.78 is 10.8. The Morgan fingerprint density at radius 3 is 2.57 bits per heavy atom. The van der Waals surface area contributed by atoms with Gasteiger partial charge in [-0.25, -0.2) is 4.79 Å². The highest BCUT2D eigenvalue weighted by molar-refractivity contribution is 8.02. The molecule has 3 rings (SSSR count). The van der Waals surface area contributed by atoms with E-state index in [0.29, 0.717) is 5.56 Å². The van der Waals surface area contributed by atoms with Crippen LogP contribution in [0.2, 0.25) is 0 Å². The predicted octanol–water partition coefficient (Wildman–Crippen LogP) is 4.56. The molecule has 3 aromatic rings. The van der Waals surface area contributed by atoms with Gasteiger partial charge in [0.15, 0.2) is 6.10 Å². The first-order chi connectivity index (χ1) is 13.5. The van der Waals surface area contributed by atoms with Crippen LogP contribution in [-0.2, 0) is 9.53 Å². The first-order valence-electron chi connectivity index (χ1n) is 8.20. The standard InChI is InChI=1S/C19H15N3O5S/c1-13(26-17(23)11-12-28-16-5-3-2-4-6-16)18-20-21-19(27-18)14-7-9-15(10-8-14)22(24)25/h2-13H,1H3/b12-11+/t13-/m0/s1. The molecule has 2 aromatic carbocycles. The maximum absolute atomic E-state index is 11.9. The van der Waals surface area contributed by atoms with Gasteiger partial charge in [-0.3, -0.25) is 10.1 Å². The number of ether oxygens (including phenoxy) is 1. The number of aromatic nitrogens is 2. The third-order valence-corrected chi connectivity index (χ3v) is 4.37. The first-order valence-corrected chi connectivity index (χ1v) is 9.08. The van der Waals surface area contributed by atoms with E-state index in [9.17, 15) is 14.9 Å². The van der Waals surface area contributed by atoms with E-state index >= 15 is 0 Å². The van der Waals surface area contributed by atoms with Gasteiger partial charge in [0.05, 0.1) is 4.92 Å². The molecule has 0 bridgehead atoms. The zero-order chi connectivity index (χ0) is 19.9. The van der Waals surface area contributed by atoms with Crippen molar-refractivity contribution in [3.05, 3.63) is 82.1 Å². The van der Waals surface area contributed by atoms with Crippen molar-refractivity contribution >= 4 is 23.4 Å². The summed E-state index contributed by atoms with van der Waals surface area (Å²) in [7, 11) is 0. The summed E-state index contributed by atoms with van der Waals surface area (Å²) in [6.07, 6.45) is 0.583. The Balaban J connectivity index is 1.58. The van der Waals surface area contributed by atoms with E-state index in [1.807, 2.05) is 30.3 Å². The molecule has 0 saturated heterocycles. The highest BCUT2D eigenvalue weighted by Crippen LogP contribution is 2.24. The van der Waals surface area contributed by atoms with Crippen molar-refractivity contribution < 1.29 is 18.9 Å². The van der Waals surface area contributed by atoms with E-state index in [-0.39, 0.29) is 17.5 Å². The Morgan fingerprint density at radius 2 is 1.89 bits per heavy atom. The number of carbonyl (C=O) groups excluding carboxylic acids is 1. The Hall–Kier alpha value is -3.46. The van der Waals surface area contributed by atoms with Gasteiger partial charge in [-0.2, -0.15) is 0 Å². The second kappa shape index (κ2) is 8.96. The van der Waals surface area contributed by atoms with Crippen molar-refractivity contribution in [2.24, 2.45) is 0 Å². The number of hydrogen-bond acceptors (Lipinski definition) is 8. The molecule has 0 aliphatic carbocycles. The average molecular weight is 397 g/mol. The Bertz CT molecular complexity index is 986. The average Bonchev–Trinajstić information content (AvgIpc) is 3.19. The van der Waals surface area contributed by atoms with Crippen molar-refractivity contribution in [2.45, 2.75) is 17.9 Å². The lowest BCUT2D eigenvalue weighted by Gasteiger charge is -2.06. The van der Waals surface area contributed by atoms with Gasteiger partial charge in [-0.1, -0.05) is 30.0 Å². The zero-order valence-electron chi connectivity index (χ0n) is 14.7. The van der Waals surface area contributed by atoms with Crippen LogP contribution < -0.4 is 0 Å². The molecule has 8 nitrogen and oxygen atoms in total. The van der Waals surface area contributed by atoms with Crippen molar-refractivity contribution in [3.8, 4) is 11.5 Å². The van der Waals surface area contributed by atoms with Crippen LogP contribution in [0.25, 0.3) is 11.5 Å². The smallest absolute Gasteiger partial charge is 0.332 e. The van der Waals surface area contributed by atoms with E-state index in [0.717, 1.165) is 4.90 Å². The van der Waals surface area contributed by atoms with Crippen molar-refractivity contribution in [1.29, 1.82) is 0 Å². The van der Waals surface area contributed by atoms with E-state index in [1.165, 1.54) is 42.1 Å². The maximum Gasteiger partial charge on any atom is 0.332 e. The Labute approximate surface area is 164 Å². The Morgan fingerprint density at radius 1 is 1.18 bits per heavy atom. The number of nitro benzene ring substituents is 1. The van der Waals surface area contributed by atoms with E-state index in [4.69, 9.17) is 9.15 Å². The lowest BCUT2D eigenvalue weighted by atomic mass is 10.2. The molecule has 9 heteroatoms.